The summed E-state index contributed by atoms with van der Waals surface area (Å²) in [6.45, 7) is 3.82. The van der Waals surface area contributed by atoms with Crippen molar-refractivity contribution in [3.8, 4) is 11.3 Å². The predicted octanol–water partition coefficient (Wildman–Crippen LogP) is 3.71. The number of aryl methyl sites for hydroxylation is 2. The summed E-state index contributed by atoms with van der Waals surface area (Å²) in [4.78, 5) is 12.6. The van der Waals surface area contributed by atoms with Gasteiger partial charge in [0.25, 0.3) is 5.91 Å². The third-order valence-corrected chi connectivity index (χ3v) is 4.18. The first-order valence-electron chi connectivity index (χ1n) is 7.34. The Morgan fingerprint density at radius 2 is 2.04 bits per heavy atom. The molecule has 1 aromatic carbocycles. The van der Waals surface area contributed by atoms with E-state index in [-0.39, 0.29) is 5.91 Å². The second-order valence-electron chi connectivity index (χ2n) is 5.04. The minimum Gasteiger partial charge on any atom is -0.355 e. The molecule has 3 rings (SSSR count). The zero-order chi connectivity index (χ0) is 16.2. The van der Waals surface area contributed by atoms with Gasteiger partial charge in [0.05, 0.1) is 5.69 Å². The molecule has 0 saturated carbocycles. The fourth-order valence-electron chi connectivity index (χ4n) is 2.20. The maximum absolute atomic E-state index is 12.6. The van der Waals surface area contributed by atoms with Crippen LogP contribution in [0.1, 0.15) is 34.4 Å². The van der Waals surface area contributed by atoms with E-state index in [0.717, 1.165) is 23.4 Å². The summed E-state index contributed by atoms with van der Waals surface area (Å²) in [5.41, 5.74) is 1.77. The summed E-state index contributed by atoms with van der Waals surface area (Å²) in [6, 6.07) is 9.43. The number of benzene rings is 1. The maximum atomic E-state index is 12.6. The molecule has 0 atom stereocenters. The summed E-state index contributed by atoms with van der Waals surface area (Å²) in [7, 11) is 0. The van der Waals surface area contributed by atoms with Gasteiger partial charge in [0.1, 0.15) is 10.6 Å². The second-order valence-corrected chi connectivity index (χ2v) is 6.11. The van der Waals surface area contributed by atoms with Crippen molar-refractivity contribution in [1.82, 2.24) is 15.4 Å². The van der Waals surface area contributed by atoms with Gasteiger partial charge in [0.2, 0.25) is 5.13 Å². The fourth-order valence-corrected chi connectivity index (χ4v) is 3.04. The van der Waals surface area contributed by atoms with Gasteiger partial charge in [-0.15, -0.1) is 10.2 Å². The normalized spacial score (nSPS) is 10.7. The monoisotopic (exact) mass is 328 g/mol. The van der Waals surface area contributed by atoms with Crippen molar-refractivity contribution in [3.05, 3.63) is 46.6 Å². The summed E-state index contributed by atoms with van der Waals surface area (Å²) in [6.07, 6.45) is 1.85. The van der Waals surface area contributed by atoms with E-state index in [1.807, 2.05) is 30.3 Å². The lowest BCUT2D eigenvalue weighted by Gasteiger charge is -2.02. The van der Waals surface area contributed by atoms with Gasteiger partial charge >= 0.3 is 0 Å². The summed E-state index contributed by atoms with van der Waals surface area (Å²) in [5, 5.41) is 16.2. The molecule has 0 unspecified atom stereocenters. The van der Waals surface area contributed by atoms with E-state index < -0.39 is 0 Å². The highest BCUT2D eigenvalue weighted by molar-refractivity contribution is 7.15. The molecule has 2 aromatic heterocycles. The van der Waals surface area contributed by atoms with Crippen molar-refractivity contribution in [2.75, 3.05) is 5.32 Å². The Bertz CT molecular complexity index is 811. The summed E-state index contributed by atoms with van der Waals surface area (Å²) >= 11 is 1.39. The molecule has 2 heterocycles. The molecule has 0 saturated heterocycles. The van der Waals surface area contributed by atoms with Gasteiger partial charge in [0, 0.05) is 12.0 Å². The third-order valence-electron chi connectivity index (χ3n) is 3.28. The zero-order valence-electron chi connectivity index (χ0n) is 12.9. The average Bonchev–Trinajstić information content (AvgIpc) is 3.15. The molecule has 0 fully saturated rings. The number of rotatable bonds is 5. The Morgan fingerprint density at radius 3 is 2.78 bits per heavy atom. The fraction of sp³-hybridized carbons (Fsp3) is 0.250. The second kappa shape index (κ2) is 6.70. The zero-order valence-corrected chi connectivity index (χ0v) is 13.7. The van der Waals surface area contributed by atoms with Gasteiger partial charge in [-0.3, -0.25) is 10.1 Å². The lowest BCUT2D eigenvalue weighted by Crippen LogP contribution is -2.13. The van der Waals surface area contributed by atoms with Crippen molar-refractivity contribution >= 4 is 22.4 Å². The van der Waals surface area contributed by atoms with Crippen molar-refractivity contribution in [1.29, 1.82) is 0 Å². The molecule has 6 nitrogen and oxygen atoms in total. The molecule has 0 aliphatic rings. The Kier molecular flexibility index (Phi) is 4.47. The lowest BCUT2D eigenvalue weighted by molar-refractivity contribution is 0.102. The Labute approximate surface area is 137 Å². The molecule has 1 N–H and O–H groups in total. The molecule has 0 spiro atoms. The van der Waals surface area contributed by atoms with Gasteiger partial charge < -0.3 is 4.52 Å². The van der Waals surface area contributed by atoms with Gasteiger partial charge in [0.15, 0.2) is 5.76 Å². The quantitative estimate of drug-likeness (QED) is 0.772. The SMILES string of the molecule is CCCc1nnc(NC(=O)c2c(C)noc2-c2ccccc2)s1. The number of amides is 1. The van der Waals surface area contributed by atoms with E-state index in [1.54, 1.807) is 6.92 Å². The van der Waals surface area contributed by atoms with Crippen LogP contribution in [0, 0.1) is 6.92 Å². The molecule has 1 amide bonds. The molecular weight excluding hydrogens is 312 g/mol. The highest BCUT2D eigenvalue weighted by Gasteiger charge is 2.22. The first-order valence-corrected chi connectivity index (χ1v) is 8.16. The molecule has 0 aliphatic carbocycles. The molecule has 23 heavy (non-hydrogen) atoms. The van der Waals surface area contributed by atoms with Crippen LogP contribution < -0.4 is 5.32 Å². The topological polar surface area (TPSA) is 80.9 Å². The number of carbonyl (C=O) groups is 1. The minimum absolute atomic E-state index is 0.290. The summed E-state index contributed by atoms with van der Waals surface area (Å²) < 4.78 is 5.34. The van der Waals surface area contributed by atoms with E-state index in [9.17, 15) is 4.79 Å². The van der Waals surface area contributed by atoms with Crippen LogP contribution in [0.5, 0.6) is 0 Å². The first kappa shape index (κ1) is 15.4. The van der Waals surface area contributed by atoms with Crippen molar-refractivity contribution in [2.45, 2.75) is 26.7 Å². The number of hydrogen-bond acceptors (Lipinski definition) is 6. The van der Waals surface area contributed by atoms with E-state index in [4.69, 9.17) is 4.52 Å². The maximum Gasteiger partial charge on any atom is 0.263 e. The number of aromatic nitrogens is 3. The van der Waals surface area contributed by atoms with Gasteiger partial charge in [-0.05, 0) is 13.3 Å². The van der Waals surface area contributed by atoms with Crippen LogP contribution in [0.15, 0.2) is 34.9 Å². The Balaban J connectivity index is 1.86. The van der Waals surface area contributed by atoms with E-state index in [0.29, 0.717) is 22.1 Å². The molecule has 0 aliphatic heterocycles. The molecule has 118 valence electrons. The molecule has 0 bridgehead atoms. The van der Waals surface area contributed by atoms with Crippen LogP contribution in [-0.2, 0) is 6.42 Å². The van der Waals surface area contributed by atoms with Crippen LogP contribution >= 0.6 is 11.3 Å². The van der Waals surface area contributed by atoms with Gasteiger partial charge in [-0.2, -0.15) is 0 Å². The van der Waals surface area contributed by atoms with Crippen LogP contribution in [0.4, 0.5) is 5.13 Å². The molecule has 3 aromatic rings. The highest BCUT2D eigenvalue weighted by Crippen LogP contribution is 2.27. The smallest absolute Gasteiger partial charge is 0.263 e. The number of hydrogen-bond donors (Lipinski definition) is 1. The Hall–Kier alpha value is -2.54. The number of nitrogens with zero attached hydrogens (tertiary/aromatic N) is 3. The van der Waals surface area contributed by atoms with Crippen molar-refractivity contribution in [3.63, 3.8) is 0 Å². The Morgan fingerprint density at radius 1 is 1.26 bits per heavy atom. The number of carbonyl (C=O) groups excluding carboxylic acids is 1. The van der Waals surface area contributed by atoms with Crippen LogP contribution in [0.25, 0.3) is 11.3 Å². The average molecular weight is 328 g/mol. The van der Waals surface area contributed by atoms with Gasteiger partial charge in [-0.1, -0.05) is 53.7 Å². The van der Waals surface area contributed by atoms with Crippen molar-refractivity contribution in [2.24, 2.45) is 0 Å². The largest absolute Gasteiger partial charge is 0.355 e. The number of anilines is 1. The minimum atomic E-state index is -0.290. The number of nitrogens with one attached hydrogen (secondary N) is 1. The van der Waals surface area contributed by atoms with E-state index in [2.05, 4.69) is 27.6 Å². The third kappa shape index (κ3) is 3.29. The first-order chi connectivity index (χ1) is 11.2. The lowest BCUT2D eigenvalue weighted by atomic mass is 10.1. The molecule has 0 radical (unpaired) electrons. The van der Waals surface area contributed by atoms with Crippen LogP contribution in [0.2, 0.25) is 0 Å². The standard InChI is InChI=1S/C16H16N4O2S/c1-3-7-12-18-19-16(23-12)17-15(21)13-10(2)20-22-14(13)11-8-5-4-6-9-11/h4-6,8-9H,3,7H2,1-2H3,(H,17,19,21). The molecule has 7 heteroatoms. The molecular formula is C16H16N4O2S. The predicted molar refractivity (Wildman–Crippen MR) is 88.5 cm³/mol. The van der Waals surface area contributed by atoms with Crippen LogP contribution in [0.3, 0.4) is 0 Å². The van der Waals surface area contributed by atoms with E-state index >= 15 is 0 Å². The summed E-state index contributed by atoms with van der Waals surface area (Å²) in [5.74, 6) is 0.167. The highest BCUT2D eigenvalue weighted by atomic mass is 32.1. The van der Waals surface area contributed by atoms with Crippen molar-refractivity contribution < 1.29 is 9.32 Å². The van der Waals surface area contributed by atoms with E-state index in [1.165, 1.54) is 11.3 Å². The van der Waals surface area contributed by atoms with Gasteiger partial charge in [-0.25, -0.2) is 0 Å². The van der Waals surface area contributed by atoms with Crippen LogP contribution in [-0.4, -0.2) is 21.3 Å².